The Bertz CT molecular complexity index is 157. The molecule has 1 atom stereocenters. The second kappa shape index (κ2) is 8.43. The summed E-state index contributed by atoms with van der Waals surface area (Å²) in [6.45, 7) is 5.38. The summed E-state index contributed by atoms with van der Waals surface area (Å²) in [5.74, 6) is 0. The summed E-state index contributed by atoms with van der Waals surface area (Å²) in [6.07, 6.45) is 1.14. The second-order valence-corrected chi connectivity index (χ2v) is 10.9. The van der Waals surface area contributed by atoms with Gasteiger partial charge in [-0.05, 0) is 27.1 Å². The smallest absolute Gasteiger partial charge is 0.318 e. The van der Waals surface area contributed by atoms with E-state index in [9.17, 15) is 0 Å². The Morgan fingerprint density at radius 3 is 2.07 bits per heavy atom. The molecule has 1 N–H and O–H groups in total. The zero-order chi connectivity index (χ0) is 11.8. The molecule has 4 nitrogen and oxygen atoms in total. The molecule has 0 aromatic heterocycles. The summed E-state index contributed by atoms with van der Waals surface area (Å²) in [4.78, 5) is 0. The van der Waals surface area contributed by atoms with Gasteiger partial charge in [0.15, 0.2) is 0 Å². The van der Waals surface area contributed by atoms with E-state index in [2.05, 4.69) is 37.8 Å². The molecule has 0 amide bonds. The molecule has 6 heteroatoms. The van der Waals surface area contributed by atoms with Crippen LogP contribution in [-0.2, 0) is 8.85 Å². The fourth-order valence-electron chi connectivity index (χ4n) is 1.73. The summed E-state index contributed by atoms with van der Waals surface area (Å²) in [7, 11) is 5.56. The average molecular weight is 249 g/mol. The number of hydrogen-bond acceptors (Lipinski definition) is 4. The zero-order valence-corrected chi connectivity index (χ0v) is 13.0. The van der Waals surface area contributed by atoms with E-state index < -0.39 is 17.3 Å². The van der Waals surface area contributed by atoms with Gasteiger partial charge in [-0.3, -0.25) is 0 Å². The molecule has 0 aliphatic carbocycles. The van der Waals surface area contributed by atoms with Crippen molar-refractivity contribution < 1.29 is 8.85 Å². The molecule has 15 heavy (non-hydrogen) atoms. The number of rotatable bonds is 8. The molecule has 1 radical (unpaired) electrons. The van der Waals surface area contributed by atoms with E-state index in [4.69, 9.17) is 8.85 Å². The van der Waals surface area contributed by atoms with Crippen LogP contribution in [0.4, 0.5) is 0 Å². The first-order valence-corrected chi connectivity index (χ1v) is 9.72. The van der Waals surface area contributed by atoms with Crippen molar-refractivity contribution in [2.24, 2.45) is 0 Å². The van der Waals surface area contributed by atoms with Crippen molar-refractivity contribution in [1.82, 2.24) is 9.88 Å². The van der Waals surface area contributed by atoms with Gasteiger partial charge >= 0.3 is 8.80 Å². The molecule has 0 aliphatic heterocycles. The molecular weight excluding hydrogens is 224 g/mol. The summed E-state index contributed by atoms with van der Waals surface area (Å²) >= 11 is 0. The molecule has 0 heterocycles. The minimum absolute atomic E-state index is 0.548. The molecule has 0 aromatic rings. The van der Waals surface area contributed by atoms with Gasteiger partial charge in [0.25, 0.3) is 0 Å². The minimum atomic E-state index is -1.51. The third-order valence-electron chi connectivity index (χ3n) is 2.40. The molecule has 0 aromatic carbocycles. The van der Waals surface area contributed by atoms with Crippen LogP contribution in [-0.4, -0.2) is 62.4 Å². The SMILES string of the molecule is CCNC(CC)[Si](N(C)C)[SiH](OC)OC. The van der Waals surface area contributed by atoms with Crippen molar-refractivity contribution in [3.05, 3.63) is 0 Å². The Kier molecular flexibility index (Phi) is 8.58. The lowest BCUT2D eigenvalue weighted by Gasteiger charge is -2.33. The van der Waals surface area contributed by atoms with Crippen LogP contribution in [0.2, 0.25) is 0 Å². The number of hydrogen-bond donors (Lipinski definition) is 1. The van der Waals surface area contributed by atoms with Crippen LogP contribution in [0.15, 0.2) is 0 Å². The Morgan fingerprint density at radius 1 is 1.27 bits per heavy atom. The van der Waals surface area contributed by atoms with Crippen molar-refractivity contribution >= 4 is 17.3 Å². The van der Waals surface area contributed by atoms with E-state index in [1.807, 2.05) is 0 Å². The van der Waals surface area contributed by atoms with Gasteiger partial charge in [0.2, 0.25) is 8.48 Å². The first kappa shape index (κ1) is 15.3. The first-order chi connectivity index (χ1) is 7.12. The lowest BCUT2D eigenvalue weighted by atomic mass is 10.5. The topological polar surface area (TPSA) is 33.7 Å². The van der Waals surface area contributed by atoms with E-state index in [0.717, 1.165) is 13.0 Å². The van der Waals surface area contributed by atoms with Crippen LogP contribution in [0.3, 0.4) is 0 Å². The van der Waals surface area contributed by atoms with Gasteiger partial charge in [-0.15, -0.1) is 0 Å². The number of nitrogens with one attached hydrogen (secondary N) is 1. The van der Waals surface area contributed by atoms with E-state index in [1.54, 1.807) is 14.2 Å². The van der Waals surface area contributed by atoms with Crippen LogP contribution >= 0.6 is 0 Å². The van der Waals surface area contributed by atoms with Crippen molar-refractivity contribution in [3.8, 4) is 0 Å². The van der Waals surface area contributed by atoms with Gasteiger partial charge in [-0.2, -0.15) is 0 Å². The number of nitrogens with zero attached hydrogens (tertiary/aromatic N) is 1. The lowest BCUT2D eigenvalue weighted by Crippen LogP contribution is -2.61. The largest absolute Gasteiger partial charge is 0.401 e. The summed E-state index contributed by atoms with van der Waals surface area (Å²) in [5, 5.41) is 3.54. The summed E-state index contributed by atoms with van der Waals surface area (Å²) < 4.78 is 13.4. The Balaban J connectivity index is 4.59. The highest BCUT2D eigenvalue weighted by Gasteiger charge is 2.35. The van der Waals surface area contributed by atoms with Crippen LogP contribution in [0.1, 0.15) is 20.3 Å². The van der Waals surface area contributed by atoms with Crippen LogP contribution in [0, 0.1) is 0 Å². The van der Waals surface area contributed by atoms with E-state index in [-0.39, 0.29) is 0 Å². The monoisotopic (exact) mass is 249 g/mol. The molecule has 0 saturated heterocycles. The maximum absolute atomic E-state index is 5.53. The maximum Gasteiger partial charge on any atom is 0.318 e. The van der Waals surface area contributed by atoms with Gasteiger partial charge < -0.3 is 18.7 Å². The highest BCUT2D eigenvalue weighted by Crippen LogP contribution is 2.06. The van der Waals surface area contributed by atoms with Crippen molar-refractivity contribution in [3.63, 3.8) is 0 Å². The third kappa shape index (κ3) is 4.75. The summed E-state index contributed by atoms with van der Waals surface area (Å²) in [5.41, 5.74) is 0.548. The van der Waals surface area contributed by atoms with Gasteiger partial charge in [-0.1, -0.05) is 13.8 Å². The van der Waals surface area contributed by atoms with Gasteiger partial charge in [-0.25, -0.2) is 0 Å². The predicted molar refractivity (Wildman–Crippen MR) is 68.4 cm³/mol. The van der Waals surface area contributed by atoms with E-state index in [0.29, 0.717) is 5.67 Å². The third-order valence-corrected chi connectivity index (χ3v) is 11.7. The fraction of sp³-hybridized carbons (Fsp3) is 1.00. The van der Waals surface area contributed by atoms with Gasteiger partial charge in [0, 0.05) is 19.9 Å². The molecular formula is C9H25N2O2Si2. The van der Waals surface area contributed by atoms with Crippen molar-refractivity contribution in [2.75, 3.05) is 34.9 Å². The normalized spacial score (nSPS) is 14.2. The summed E-state index contributed by atoms with van der Waals surface area (Å²) in [6, 6.07) is 0. The predicted octanol–water partition coefficient (Wildman–Crippen LogP) is 0.0585. The van der Waals surface area contributed by atoms with Crippen molar-refractivity contribution in [1.29, 1.82) is 0 Å². The first-order valence-electron chi connectivity index (χ1n) is 5.45. The molecule has 0 saturated carbocycles. The van der Waals surface area contributed by atoms with E-state index in [1.165, 1.54) is 0 Å². The van der Waals surface area contributed by atoms with Gasteiger partial charge in [0.1, 0.15) is 0 Å². The van der Waals surface area contributed by atoms with E-state index >= 15 is 0 Å². The minimum Gasteiger partial charge on any atom is -0.401 e. The van der Waals surface area contributed by atoms with Gasteiger partial charge in [0.05, 0.1) is 0 Å². The van der Waals surface area contributed by atoms with Crippen LogP contribution < -0.4 is 5.32 Å². The molecule has 0 spiro atoms. The standard InChI is InChI=1S/C9H25N2O2Si2/c1-7-9(10-8-2)14(11(3)4)15(12-5)13-6/h9-10,15H,7-8H2,1-6H3. The molecule has 0 rings (SSSR count). The molecule has 0 bridgehead atoms. The van der Waals surface area contributed by atoms with Crippen molar-refractivity contribution in [2.45, 2.75) is 25.9 Å². The molecule has 91 valence electrons. The molecule has 0 fully saturated rings. The maximum atomic E-state index is 5.53. The Labute approximate surface area is 97.3 Å². The highest BCUT2D eigenvalue weighted by molar-refractivity contribution is 7.16. The Morgan fingerprint density at radius 2 is 1.80 bits per heavy atom. The zero-order valence-electron chi connectivity index (χ0n) is 10.8. The molecule has 1 unspecified atom stereocenters. The van der Waals surface area contributed by atoms with Crippen LogP contribution in [0.25, 0.3) is 0 Å². The Hall–Kier alpha value is 0.274. The van der Waals surface area contributed by atoms with Crippen LogP contribution in [0.5, 0.6) is 0 Å². The molecule has 0 aliphatic rings. The fourth-order valence-corrected chi connectivity index (χ4v) is 9.37. The average Bonchev–Trinajstić information content (AvgIpc) is 2.22. The highest BCUT2D eigenvalue weighted by atomic mass is 29.2. The second-order valence-electron chi connectivity index (χ2n) is 3.64. The quantitative estimate of drug-likeness (QED) is 0.617. The lowest BCUT2D eigenvalue weighted by molar-refractivity contribution is 0.291.